The summed E-state index contributed by atoms with van der Waals surface area (Å²) in [6, 6.07) is 9.66. The minimum atomic E-state index is -0.332. The molecule has 0 unspecified atom stereocenters. The van der Waals surface area contributed by atoms with Gasteiger partial charge in [0.05, 0.1) is 23.4 Å². The quantitative estimate of drug-likeness (QED) is 0.736. The Bertz CT molecular complexity index is 1030. The summed E-state index contributed by atoms with van der Waals surface area (Å²) in [7, 11) is 2.01. The number of nitrogens with one attached hydrogen (secondary N) is 1. The minimum Gasteiger partial charge on any atom is -0.365 e. The maximum absolute atomic E-state index is 14.1. The normalized spacial score (nSPS) is 18.1. The summed E-state index contributed by atoms with van der Waals surface area (Å²) in [4.78, 5) is 20.6. The average Bonchev–Trinajstić information content (AvgIpc) is 3.09. The SMILES string of the molecule is C[C@@H]1CN(c2ccncc2F)CCN1C(=O)N[C@H](C)c1cccc2ccn(C)c12. The molecule has 2 atom stereocenters. The Morgan fingerprint density at radius 1 is 1.28 bits per heavy atom. The number of anilines is 1. The van der Waals surface area contributed by atoms with E-state index < -0.39 is 0 Å². The van der Waals surface area contributed by atoms with E-state index in [1.807, 2.05) is 43.0 Å². The van der Waals surface area contributed by atoms with Gasteiger partial charge in [0, 0.05) is 45.1 Å². The second-order valence-electron chi connectivity index (χ2n) is 7.70. The molecule has 0 saturated carbocycles. The molecule has 2 amide bonds. The van der Waals surface area contributed by atoms with Crippen LogP contribution in [0.2, 0.25) is 0 Å². The van der Waals surface area contributed by atoms with E-state index in [1.54, 1.807) is 12.3 Å². The van der Waals surface area contributed by atoms with Gasteiger partial charge in [0.1, 0.15) is 0 Å². The van der Waals surface area contributed by atoms with Crippen LogP contribution in [0.1, 0.15) is 25.5 Å². The van der Waals surface area contributed by atoms with Crippen LogP contribution >= 0.6 is 0 Å². The van der Waals surface area contributed by atoms with Crippen LogP contribution in [0.4, 0.5) is 14.9 Å². The van der Waals surface area contributed by atoms with Gasteiger partial charge in [0.15, 0.2) is 5.82 Å². The molecule has 0 bridgehead atoms. The van der Waals surface area contributed by atoms with Gasteiger partial charge in [-0.3, -0.25) is 4.98 Å². The molecule has 0 spiro atoms. The van der Waals surface area contributed by atoms with E-state index in [0.29, 0.717) is 25.3 Å². The van der Waals surface area contributed by atoms with Gasteiger partial charge in [0.2, 0.25) is 0 Å². The summed E-state index contributed by atoms with van der Waals surface area (Å²) < 4.78 is 16.1. The van der Waals surface area contributed by atoms with Crippen LogP contribution in [-0.2, 0) is 7.05 Å². The summed E-state index contributed by atoms with van der Waals surface area (Å²) in [6.07, 6.45) is 4.85. The van der Waals surface area contributed by atoms with Crippen LogP contribution in [0, 0.1) is 5.82 Å². The molecular weight excluding hydrogens is 369 g/mol. The number of aryl methyl sites for hydroxylation is 1. The number of carbonyl (C=O) groups is 1. The van der Waals surface area contributed by atoms with E-state index in [-0.39, 0.29) is 23.9 Å². The number of benzene rings is 1. The number of nitrogens with zero attached hydrogens (tertiary/aromatic N) is 4. The second kappa shape index (κ2) is 7.73. The van der Waals surface area contributed by atoms with Crippen molar-refractivity contribution in [2.24, 2.45) is 7.05 Å². The third-order valence-corrected chi connectivity index (χ3v) is 5.72. The molecule has 152 valence electrons. The van der Waals surface area contributed by atoms with Crippen LogP contribution in [0.5, 0.6) is 0 Å². The first-order valence-electron chi connectivity index (χ1n) is 9.91. The van der Waals surface area contributed by atoms with E-state index >= 15 is 0 Å². The predicted molar refractivity (Wildman–Crippen MR) is 112 cm³/mol. The lowest BCUT2D eigenvalue weighted by Crippen LogP contribution is -2.57. The lowest BCUT2D eigenvalue weighted by atomic mass is 10.1. The van der Waals surface area contributed by atoms with Gasteiger partial charge < -0.3 is 19.7 Å². The van der Waals surface area contributed by atoms with Crippen LogP contribution in [0.3, 0.4) is 0 Å². The molecule has 3 aromatic rings. The summed E-state index contributed by atoms with van der Waals surface area (Å²) in [5, 5.41) is 4.30. The second-order valence-corrected chi connectivity index (χ2v) is 7.70. The molecule has 1 fully saturated rings. The van der Waals surface area contributed by atoms with Crippen LogP contribution < -0.4 is 10.2 Å². The number of rotatable bonds is 3. The highest BCUT2D eigenvalue weighted by molar-refractivity contribution is 5.84. The van der Waals surface area contributed by atoms with E-state index in [4.69, 9.17) is 0 Å². The van der Waals surface area contributed by atoms with Gasteiger partial charge >= 0.3 is 6.03 Å². The van der Waals surface area contributed by atoms with Crippen LogP contribution in [0.15, 0.2) is 48.9 Å². The van der Waals surface area contributed by atoms with Gasteiger partial charge in [-0.1, -0.05) is 18.2 Å². The summed E-state index contributed by atoms with van der Waals surface area (Å²) >= 11 is 0. The van der Waals surface area contributed by atoms with Crippen LogP contribution in [0.25, 0.3) is 10.9 Å². The molecular formula is C22H26FN5O. The zero-order chi connectivity index (χ0) is 20.5. The Hall–Kier alpha value is -3.09. The highest BCUT2D eigenvalue weighted by Crippen LogP contribution is 2.26. The molecule has 29 heavy (non-hydrogen) atoms. The fourth-order valence-electron chi connectivity index (χ4n) is 4.19. The van der Waals surface area contributed by atoms with Gasteiger partial charge in [-0.25, -0.2) is 9.18 Å². The molecule has 1 saturated heterocycles. The van der Waals surface area contributed by atoms with Crippen molar-refractivity contribution in [1.82, 2.24) is 19.8 Å². The molecule has 0 radical (unpaired) electrons. The number of hydrogen-bond donors (Lipinski definition) is 1. The number of para-hydroxylation sites is 1. The number of urea groups is 1. The first-order valence-corrected chi connectivity index (χ1v) is 9.91. The monoisotopic (exact) mass is 395 g/mol. The number of piperazine rings is 1. The topological polar surface area (TPSA) is 53.4 Å². The first kappa shape index (κ1) is 19.2. The number of aromatic nitrogens is 2. The number of halogens is 1. The Morgan fingerprint density at radius 2 is 2.10 bits per heavy atom. The summed E-state index contributed by atoms with van der Waals surface area (Å²) in [6.45, 7) is 5.70. The largest absolute Gasteiger partial charge is 0.365 e. The third kappa shape index (κ3) is 3.64. The van der Waals surface area contributed by atoms with Gasteiger partial charge in [-0.15, -0.1) is 0 Å². The molecule has 1 aromatic carbocycles. The maximum Gasteiger partial charge on any atom is 0.318 e. The fourth-order valence-corrected chi connectivity index (χ4v) is 4.19. The van der Waals surface area contributed by atoms with E-state index in [1.165, 1.54) is 6.20 Å². The van der Waals surface area contributed by atoms with Crippen molar-refractivity contribution in [2.75, 3.05) is 24.5 Å². The van der Waals surface area contributed by atoms with Gasteiger partial charge in [-0.2, -0.15) is 0 Å². The van der Waals surface area contributed by atoms with Crippen molar-refractivity contribution in [3.8, 4) is 0 Å². The predicted octanol–water partition coefficient (Wildman–Crippen LogP) is 3.69. The number of carbonyl (C=O) groups excluding carboxylic acids is 1. The number of pyridine rings is 1. The van der Waals surface area contributed by atoms with Crippen molar-refractivity contribution in [3.05, 3.63) is 60.3 Å². The van der Waals surface area contributed by atoms with Crippen molar-refractivity contribution in [1.29, 1.82) is 0 Å². The number of fused-ring (bicyclic) bond motifs is 1. The molecule has 0 aliphatic carbocycles. The minimum absolute atomic E-state index is 0.0330. The molecule has 7 heteroatoms. The molecule has 4 rings (SSSR count). The average molecular weight is 395 g/mol. The first-order chi connectivity index (χ1) is 14.0. The van der Waals surface area contributed by atoms with Gasteiger partial charge in [0.25, 0.3) is 0 Å². The molecule has 1 aliphatic heterocycles. The Labute approximate surface area is 169 Å². The molecule has 3 heterocycles. The molecule has 6 nitrogen and oxygen atoms in total. The number of hydrogen-bond acceptors (Lipinski definition) is 3. The highest BCUT2D eigenvalue weighted by atomic mass is 19.1. The standard InChI is InChI=1S/C22H26FN5O/c1-15-14-27(20-7-9-24-13-19(20)23)11-12-28(15)22(29)25-16(2)18-6-4-5-17-8-10-26(3)21(17)18/h4-10,13,15-16H,11-12,14H2,1-3H3,(H,25,29)/t15-,16-/m1/s1. The fraction of sp³-hybridized carbons (Fsp3) is 0.364. The lowest BCUT2D eigenvalue weighted by Gasteiger charge is -2.41. The highest BCUT2D eigenvalue weighted by Gasteiger charge is 2.29. The van der Waals surface area contributed by atoms with Gasteiger partial charge in [-0.05, 0) is 36.9 Å². The zero-order valence-electron chi connectivity index (χ0n) is 17.0. The molecule has 1 N–H and O–H groups in total. The van der Waals surface area contributed by atoms with Crippen LogP contribution in [-0.4, -0.2) is 46.2 Å². The van der Waals surface area contributed by atoms with E-state index in [0.717, 1.165) is 16.5 Å². The Balaban J connectivity index is 1.45. The van der Waals surface area contributed by atoms with Crippen molar-refractivity contribution >= 4 is 22.6 Å². The van der Waals surface area contributed by atoms with E-state index in [9.17, 15) is 9.18 Å². The number of amides is 2. The van der Waals surface area contributed by atoms with E-state index in [2.05, 4.69) is 33.1 Å². The summed E-state index contributed by atoms with van der Waals surface area (Å²) in [5.41, 5.74) is 2.76. The molecule has 1 aliphatic rings. The molecule has 2 aromatic heterocycles. The van der Waals surface area contributed by atoms with Crippen molar-refractivity contribution in [2.45, 2.75) is 25.9 Å². The Morgan fingerprint density at radius 3 is 2.86 bits per heavy atom. The zero-order valence-corrected chi connectivity index (χ0v) is 17.0. The maximum atomic E-state index is 14.1. The van der Waals surface area contributed by atoms with Crippen molar-refractivity contribution in [3.63, 3.8) is 0 Å². The Kier molecular flexibility index (Phi) is 5.13. The lowest BCUT2D eigenvalue weighted by molar-refractivity contribution is 0.168. The third-order valence-electron chi connectivity index (χ3n) is 5.72. The van der Waals surface area contributed by atoms with Crippen molar-refractivity contribution < 1.29 is 9.18 Å². The summed E-state index contributed by atoms with van der Waals surface area (Å²) in [5.74, 6) is -0.332. The smallest absolute Gasteiger partial charge is 0.318 e.